The van der Waals surface area contributed by atoms with Gasteiger partial charge < -0.3 is 4.42 Å². The molecule has 20 heavy (non-hydrogen) atoms. The Morgan fingerprint density at radius 2 is 1.65 bits per heavy atom. The maximum Gasteiger partial charge on any atom is 0.416 e. The molecule has 0 unspecified atom stereocenters. The van der Waals surface area contributed by atoms with E-state index in [0.29, 0.717) is 11.3 Å². The van der Waals surface area contributed by atoms with Crippen molar-refractivity contribution in [3.8, 4) is 11.3 Å². The molecule has 1 aromatic carbocycles. The third-order valence-electron chi connectivity index (χ3n) is 3.19. The number of rotatable bonds is 5. The molecule has 108 valence electrons. The van der Waals surface area contributed by atoms with Crippen LogP contribution in [0.5, 0.6) is 0 Å². The van der Waals surface area contributed by atoms with Crippen molar-refractivity contribution in [2.24, 2.45) is 0 Å². The number of hydrogen-bond donors (Lipinski definition) is 0. The van der Waals surface area contributed by atoms with E-state index >= 15 is 0 Å². The normalized spacial score (nSPS) is 11.8. The predicted octanol–water partition coefficient (Wildman–Crippen LogP) is 5.70. The van der Waals surface area contributed by atoms with Gasteiger partial charge in [-0.25, -0.2) is 0 Å². The van der Waals surface area contributed by atoms with Gasteiger partial charge in [-0.05, 0) is 30.7 Å². The minimum absolute atomic E-state index is 0.616. The van der Waals surface area contributed by atoms with Crippen LogP contribution >= 0.6 is 0 Å². The van der Waals surface area contributed by atoms with E-state index in [1.54, 1.807) is 0 Å². The van der Waals surface area contributed by atoms with Gasteiger partial charge in [0, 0.05) is 12.0 Å². The fourth-order valence-electron chi connectivity index (χ4n) is 2.04. The Kier molecular flexibility index (Phi) is 4.53. The number of furan rings is 1. The summed E-state index contributed by atoms with van der Waals surface area (Å²) in [6.45, 7) is 2.13. The molecular weight excluding hydrogens is 265 g/mol. The highest BCUT2D eigenvalue weighted by Crippen LogP contribution is 2.31. The molecule has 0 N–H and O–H groups in total. The van der Waals surface area contributed by atoms with E-state index in [-0.39, 0.29) is 0 Å². The molecule has 0 saturated carbocycles. The zero-order valence-electron chi connectivity index (χ0n) is 11.3. The van der Waals surface area contributed by atoms with Crippen molar-refractivity contribution in [2.45, 2.75) is 38.8 Å². The molecule has 0 aliphatic carbocycles. The van der Waals surface area contributed by atoms with Crippen LogP contribution in [0.2, 0.25) is 0 Å². The molecule has 0 amide bonds. The first kappa shape index (κ1) is 14.7. The molecule has 0 radical (unpaired) electrons. The molecule has 1 aromatic heterocycles. The van der Waals surface area contributed by atoms with Gasteiger partial charge in [0.25, 0.3) is 0 Å². The van der Waals surface area contributed by atoms with Crippen molar-refractivity contribution in [3.05, 3.63) is 47.7 Å². The smallest absolute Gasteiger partial charge is 0.416 e. The van der Waals surface area contributed by atoms with Crippen LogP contribution in [0.4, 0.5) is 13.2 Å². The Bertz CT molecular complexity index is 538. The van der Waals surface area contributed by atoms with Crippen molar-refractivity contribution in [3.63, 3.8) is 0 Å². The fraction of sp³-hybridized carbons (Fsp3) is 0.375. The van der Waals surface area contributed by atoms with Gasteiger partial charge in [-0.3, -0.25) is 0 Å². The summed E-state index contributed by atoms with van der Waals surface area (Å²) in [5, 5.41) is 0. The van der Waals surface area contributed by atoms with Gasteiger partial charge in [-0.1, -0.05) is 31.9 Å². The fourth-order valence-corrected chi connectivity index (χ4v) is 2.04. The Labute approximate surface area is 116 Å². The number of unbranched alkanes of at least 4 members (excludes halogenated alkanes) is 2. The van der Waals surface area contributed by atoms with Crippen LogP contribution in [0.25, 0.3) is 11.3 Å². The number of halogens is 3. The van der Waals surface area contributed by atoms with Crippen LogP contribution < -0.4 is 0 Å². The molecule has 0 aliphatic rings. The van der Waals surface area contributed by atoms with Crippen LogP contribution in [0.3, 0.4) is 0 Å². The zero-order chi connectivity index (χ0) is 14.6. The van der Waals surface area contributed by atoms with Crippen LogP contribution in [-0.2, 0) is 12.6 Å². The summed E-state index contributed by atoms with van der Waals surface area (Å²) in [4.78, 5) is 0. The first-order valence-corrected chi connectivity index (χ1v) is 6.77. The van der Waals surface area contributed by atoms with Gasteiger partial charge in [0.15, 0.2) is 0 Å². The maximum atomic E-state index is 12.5. The molecule has 4 heteroatoms. The number of hydrogen-bond acceptors (Lipinski definition) is 1. The number of aryl methyl sites for hydroxylation is 1. The average Bonchev–Trinajstić information content (AvgIpc) is 2.87. The first-order valence-electron chi connectivity index (χ1n) is 6.77. The minimum Gasteiger partial charge on any atom is -0.461 e. The highest BCUT2D eigenvalue weighted by atomic mass is 19.4. The lowest BCUT2D eigenvalue weighted by Crippen LogP contribution is -2.03. The lowest BCUT2D eigenvalue weighted by atomic mass is 10.1. The molecule has 1 nitrogen and oxygen atoms in total. The second-order valence-corrected chi connectivity index (χ2v) is 4.80. The highest BCUT2D eigenvalue weighted by Gasteiger charge is 2.30. The molecule has 0 spiro atoms. The summed E-state index contributed by atoms with van der Waals surface area (Å²) in [5.74, 6) is 1.50. The Hall–Kier alpha value is -1.71. The van der Waals surface area contributed by atoms with Crippen molar-refractivity contribution in [2.75, 3.05) is 0 Å². The number of benzene rings is 1. The molecule has 0 saturated heterocycles. The molecule has 0 fully saturated rings. The molecule has 0 atom stereocenters. The topological polar surface area (TPSA) is 13.1 Å². The van der Waals surface area contributed by atoms with Gasteiger partial charge in [0.2, 0.25) is 0 Å². The van der Waals surface area contributed by atoms with E-state index in [9.17, 15) is 13.2 Å². The van der Waals surface area contributed by atoms with E-state index in [1.807, 2.05) is 12.1 Å². The van der Waals surface area contributed by atoms with Crippen molar-refractivity contribution in [1.82, 2.24) is 0 Å². The van der Waals surface area contributed by atoms with E-state index < -0.39 is 11.7 Å². The van der Waals surface area contributed by atoms with Crippen molar-refractivity contribution in [1.29, 1.82) is 0 Å². The lowest BCUT2D eigenvalue weighted by molar-refractivity contribution is -0.137. The second kappa shape index (κ2) is 6.16. The Balaban J connectivity index is 2.08. The molecule has 0 bridgehead atoms. The Morgan fingerprint density at radius 1 is 0.950 bits per heavy atom. The van der Waals surface area contributed by atoms with Crippen LogP contribution in [0, 0.1) is 0 Å². The third-order valence-corrected chi connectivity index (χ3v) is 3.19. The van der Waals surface area contributed by atoms with Gasteiger partial charge in [0.1, 0.15) is 11.5 Å². The summed E-state index contributed by atoms with van der Waals surface area (Å²) >= 11 is 0. The zero-order valence-corrected chi connectivity index (χ0v) is 11.3. The first-order chi connectivity index (χ1) is 9.50. The average molecular weight is 282 g/mol. The summed E-state index contributed by atoms with van der Waals surface area (Å²) in [6.07, 6.45) is -0.0687. The van der Waals surface area contributed by atoms with E-state index in [4.69, 9.17) is 4.42 Å². The summed E-state index contributed by atoms with van der Waals surface area (Å²) in [6, 6.07) is 8.74. The molecular formula is C16H17F3O. The second-order valence-electron chi connectivity index (χ2n) is 4.80. The summed E-state index contributed by atoms with van der Waals surface area (Å²) in [7, 11) is 0. The SMILES string of the molecule is CCCCCc1ccc(-c2ccc(C(F)(F)F)cc2)o1. The highest BCUT2D eigenvalue weighted by molar-refractivity contribution is 5.58. The van der Waals surface area contributed by atoms with Crippen molar-refractivity contribution < 1.29 is 17.6 Å². The quantitative estimate of drug-likeness (QED) is 0.641. The van der Waals surface area contributed by atoms with Crippen LogP contribution in [0.15, 0.2) is 40.8 Å². The molecule has 0 aliphatic heterocycles. The van der Waals surface area contributed by atoms with Gasteiger partial charge in [0.05, 0.1) is 5.56 Å². The van der Waals surface area contributed by atoms with E-state index in [2.05, 4.69) is 6.92 Å². The molecule has 2 aromatic rings. The summed E-state index contributed by atoms with van der Waals surface area (Å²) < 4.78 is 43.1. The lowest BCUT2D eigenvalue weighted by Gasteiger charge is -2.06. The predicted molar refractivity (Wildman–Crippen MR) is 72.4 cm³/mol. The van der Waals surface area contributed by atoms with Crippen LogP contribution in [0.1, 0.15) is 37.5 Å². The minimum atomic E-state index is -4.30. The molecule has 2 rings (SSSR count). The molecule has 1 heterocycles. The van der Waals surface area contributed by atoms with Gasteiger partial charge in [-0.15, -0.1) is 0 Å². The standard InChI is InChI=1S/C16H17F3O/c1-2-3-4-5-14-10-11-15(20-14)12-6-8-13(9-7-12)16(17,18)19/h6-11H,2-5H2,1H3. The third kappa shape index (κ3) is 3.65. The summed E-state index contributed by atoms with van der Waals surface area (Å²) in [5.41, 5.74) is 0.0238. The van der Waals surface area contributed by atoms with Gasteiger partial charge >= 0.3 is 6.18 Å². The van der Waals surface area contributed by atoms with Crippen LogP contribution in [-0.4, -0.2) is 0 Å². The van der Waals surface area contributed by atoms with Crippen molar-refractivity contribution >= 4 is 0 Å². The monoisotopic (exact) mass is 282 g/mol. The van der Waals surface area contributed by atoms with E-state index in [1.165, 1.54) is 12.1 Å². The maximum absolute atomic E-state index is 12.5. The largest absolute Gasteiger partial charge is 0.461 e. The van der Waals surface area contributed by atoms with Gasteiger partial charge in [-0.2, -0.15) is 13.2 Å². The van der Waals surface area contributed by atoms with E-state index in [0.717, 1.165) is 43.6 Å². The number of alkyl halides is 3. The Morgan fingerprint density at radius 3 is 2.25 bits per heavy atom.